The summed E-state index contributed by atoms with van der Waals surface area (Å²) in [4.78, 5) is 35.1. The van der Waals surface area contributed by atoms with E-state index in [4.69, 9.17) is 16.3 Å². The Morgan fingerprint density at radius 1 is 1.04 bits per heavy atom. The lowest BCUT2D eigenvalue weighted by molar-refractivity contribution is -0.121. The Balaban J connectivity index is 1.91. The molecule has 0 spiro atoms. The number of nitrogens with one attached hydrogen (secondary N) is 3. The molecule has 3 amide bonds. The average Bonchev–Trinajstić information content (AvgIpc) is 2.61. The summed E-state index contributed by atoms with van der Waals surface area (Å²) in [6.07, 6.45) is 0.0628. The molecule has 0 unspecified atom stereocenters. The quantitative estimate of drug-likeness (QED) is 0.699. The first-order valence-electron chi connectivity index (χ1n) is 7.68. The first-order chi connectivity index (χ1) is 12.4. The Morgan fingerprint density at radius 3 is 2.35 bits per heavy atom. The monoisotopic (exact) mass is 375 g/mol. The number of hydrazine groups is 1. The average molecular weight is 376 g/mol. The fraction of sp³-hybridized carbons (Fsp3) is 0.167. The highest BCUT2D eigenvalue weighted by Crippen LogP contribution is 2.22. The number of methoxy groups -OCH3 is 1. The minimum Gasteiger partial charge on any atom is -0.496 e. The molecule has 2 aromatic carbocycles. The Morgan fingerprint density at radius 2 is 1.73 bits per heavy atom. The lowest BCUT2D eigenvalue weighted by Gasteiger charge is -2.11. The van der Waals surface area contributed by atoms with Gasteiger partial charge in [0.15, 0.2) is 0 Å². The zero-order chi connectivity index (χ0) is 19.1. The Hall–Kier alpha value is -3.06. The van der Waals surface area contributed by atoms with Gasteiger partial charge in [-0.2, -0.15) is 0 Å². The van der Waals surface area contributed by atoms with Crippen molar-refractivity contribution in [2.75, 3.05) is 12.4 Å². The molecule has 26 heavy (non-hydrogen) atoms. The summed E-state index contributed by atoms with van der Waals surface area (Å²) >= 11 is 5.88. The number of rotatable bonds is 5. The highest BCUT2D eigenvalue weighted by Gasteiger charge is 2.14. The number of benzene rings is 2. The van der Waals surface area contributed by atoms with E-state index >= 15 is 0 Å². The Labute approximate surface area is 155 Å². The van der Waals surface area contributed by atoms with Gasteiger partial charge < -0.3 is 10.1 Å². The number of hydrogen-bond acceptors (Lipinski definition) is 4. The molecular weight excluding hydrogens is 358 g/mol. The van der Waals surface area contributed by atoms with Crippen molar-refractivity contribution >= 4 is 35.0 Å². The van der Waals surface area contributed by atoms with Crippen molar-refractivity contribution in [3.63, 3.8) is 0 Å². The Kier molecular flexibility index (Phi) is 6.57. The normalized spacial score (nSPS) is 9.96. The third-order valence-electron chi connectivity index (χ3n) is 3.36. The number of carbonyl (C=O) groups is 3. The minimum atomic E-state index is -0.543. The van der Waals surface area contributed by atoms with E-state index in [0.717, 1.165) is 5.56 Å². The predicted molar refractivity (Wildman–Crippen MR) is 98.1 cm³/mol. The van der Waals surface area contributed by atoms with Crippen LogP contribution in [0.25, 0.3) is 0 Å². The van der Waals surface area contributed by atoms with Crippen LogP contribution in [0.15, 0.2) is 42.5 Å². The zero-order valence-corrected chi connectivity index (χ0v) is 15.0. The molecule has 0 bridgehead atoms. The van der Waals surface area contributed by atoms with Crippen LogP contribution in [-0.4, -0.2) is 24.8 Å². The van der Waals surface area contributed by atoms with Gasteiger partial charge in [-0.05, 0) is 35.9 Å². The summed E-state index contributed by atoms with van der Waals surface area (Å²) in [5.74, 6) is -0.769. The maximum Gasteiger partial charge on any atom is 0.273 e. The van der Waals surface area contributed by atoms with E-state index in [0.29, 0.717) is 16.5 Å². The van der Waals surface area contributed by atoms with Crippen LogP contribution in [0.1, 0.15) is 22.8 Å². The van der Waals surface area contributed by atoms with Crippen LogP contribution in [0.3, 0.4) is 0 Å². The second-order valence-electron chi connectivity index (χ2n) is 5.40. The van der Waals surface area contributed by atoms with E-state index in [9.17, 15) is 14.4 Å². The van der Waals surface area contributed by atoms with Crippen molar-refractivity contribution in [3.05, 3.63) is 58.6 Å². The molecule has 136 valence electrons. The molecule has 3 N–H and O–H groups in total. The summed E-state index contributed by atoms with van der Waals surface area (Å²) in [6, 6.07) is 11.4. The van der Waals surface area contributed by atoms with Crippen LogP contribution in [0, 0.1) is 0 Å². The van der Waals surface area contributed by atoms with Crippen molar-refractivity contribution < 1.29 is 19.1 Å². The van der Waals surface area contributed by atoms with E-state index in [2.05, 4.69) is 16.2 Å². The molecule has 2 aromatic rings. The van der Waals surface area contributed by atoms with Gasteiger partial charge in [-0.3, -0.25) is 25.2 Å². The first-order valence-corrected chi connectivity index (χ1v) is 8.06. The molecule has 0 saturated carbocycles. The van der Waals surface area contributed by atoms with Crippen LogP contribution in [0.4, 0.5) is 5.69 Å². The number of halogens is 1. The molecule has 0 atom stereocenters. The van der Waals surface area contributed by atoms with Gasteiger partial charge in [0.2, 0.25) is 11.8 Å². The largest absolute Gasteiger partial charge is 0.496 e. The lowest BCUT2D eigenvalue weighted by Crippen LogP contribution is -2.42. The van der Waals surface area contributed by atoms with Crippen molar-refractivity contribution in [1.29, 1.82) is 0 Å². The standard InChI is InChI=1S/C18H18ClN3O4/c1-11(23)20-14-6-3-12(4-7-14)9-17(24)21-22-18(25)15-10-13(19)5-8-16(15)26-2/h3-8,10H,9H2,1-2H3,(H,20,23)(H,21,24)(H,22,25). The van der Waals surface area contributed by atoms with Crippen molar-refractivity contribution in [1.82, 2.24) is 10.9 Å². The summed E-state index contributed by atoms with van der Waals surface area (Å²) in [6.45, 7) is 1.42. The van der Waals surface area contributed by atoms with E-state index in [1.807, 2.05) is 0 Å². The minimum absolute atomic E-state index is 0.0628. The first kappa shape index (κ1) is 19.3. The molecular formula is C18H18ClN3O4. The molecule has 2 rings (SSSR count). The van der Waals surface area contributed by atoms with Crippen LogP contribution >= 0.6 is 11.6 Å². The number of hydrogen-bond donors (Lipinski definition) is 3. The van der Waals surface area contributed by atoms with E-state index < -0.39 is 11.8 Å². The highest BCUT2D eigenvalue weighted by atomic mass is 35.5. The number of ether oxygens (including phenoxy) is 1. The molecule has 0 radical (unpaired) electrons. The Bertz CT molecular complexity index is 822. The van der Waals surface area contributed by atoms with Crippen LogP contribution in [0.2, 0.25) is 5.02 Å². The van der Waals surface area contributed by atoms with E-state index in [-0.39, 0.29) is 17.9 Å². The fourth-order valence-electron chi connectivity index (χ4n) is 2.19. The summed E-state index contributed by atoms with van der Waals surface area (Å²) in [5, 5.41) is 3.02. The van der Waals surface area contributed by atoms with Gasteiger partial charge >= 0.3 is 0 Å². The molecule has 0 heterocycles. The number of amides is 3. The van der Waals surface area contributed by atoms with Gasteiger partial charge in [-0.1, -0.05) is 23.7 Å². The molecule has 7 nitrogen and oxygen atoms in total. The van der Waals surface area contributed by atoms with Gasteiger partial charge in [0.05, 0.1) is 19.1 Å². The molecule has 8 heteroatoms. The SMILES string of the molecule is COc1ccc(Cl)cc1C(=O)NNC(=O)Cc1ccc(NC(C)=O)cc1. The van der Waals surface area contributed by atoms with Gasteiger partial charge in [0, 0.05) is 17.6 Å². The van der Waals surface area contributed by atoms with Crippen LogP contribution in [-0.2, 0) is 16.0 Å². The predicted octanol–water partition coefficient (Wildman–Crippen LogP) is 2.31. The molecule has 0 aromatic heterocycles. The number of anilines is 1. The molecule has 0 aliphatic heterocycles. The third kappa shape index (κ3) is 5.49. The van der Waals surface area contributed by atoms with E-state index in [1.165, 1.54) is 20.1 Å². The molecule has 0 aliphatic carbocycles. The highest BCUT2D eigenvalue weighted by molar-refractivity contribution is 6.31. The van der Waals surface area contributed by atoms with Crippen molar-refractivity contribution in [2.24, 2.45) is 0 Å². The second kappa shape index (κ2) is 8.87. The van der Waals surface area contributed by atoms with Gasteiger partial charge in [0.25, 0.3) is 5.91 Å². The molecule has 0 aliphatic rings. The molecule has 0 fully saturated rings. The van der Waals surface area contributed by atoms with Gasteiger partial charge in [0.1, 0.15) is 5.75 Å². The zero-order valence-electron chi connectivity index (χ0n) is 14.3. The number of carbonyl (C=O) groups excluding carboxylic acids is 3. The van der Waals surface area contributed by atoms with Crippen LogP contribution < -0.4 is 20.9 Å². The maximum absolute atomic E-state index is 12.2. The van der Waals surface area contributed by atoms with Gasteiger partial charge in [-0.15, -0.1) is 0 Å². The smallest absolute Gasteiger partial charge is 0.273 e. The van der Waals surface area contributed by atoms with Gasteiger partial charge in [-0.25, -0.2) is 0 Å². The third-order valence-corrected chi connectivity index (χ3v) is 3.60. The summed E-state index contributed by atoms with van der Waals surface area (Å²) in [5.41, 5.74) is 6.24. The maximum atomic E-state index is 12.2. The summed E-state index contributed by atoms with van der Waals surface area (Å²) in [7, 11) is 1.43. The topological polar surface area (TPSA) is 96.5 Å². The van der Waals surface area contributed by atoms with Crippen molar-refractivity contribution in [2.45, 2.75) is 13.3 Å². The fourth-order valence-corrected chi connectivity index (χ4v) is 2.36. The van der Waals surface area contributed by atoms with E-state index in [1.54, 1.807) is 36.4 Å². The lowest BCUT2D eigenvalue weighted by atomic mass is 10.1. The molecule has 0 saturated heterocycles. The van der Waals surface area contributed by atoms with Crippen LogP contribution in [0.5, 0.6) is 5.75 Å². The summed E-state index contributed by atoms with van der Waals surface area (Å²) < 4.78 is 5.10. The van der Waals surface area contributed by atoms with Crippen molar-refractivity contribution in [3.8, 4) is 5.75 Å². The second-order valence-corrected chi connectivity index (χ2v) is 5.84.